The number of aliphatic hydroxyl groups excluding tert-OH is 1. The van der Waals surface area contributed by atoms with Crippen molar-refractivity contribution >= 4 is 11.8 Å². The topological polar surface area (TPSA) is 63.6 Å². The van der Waals surface area contributed by atoms with Crippen LogP contribution in [0.2, 0.25) is 0 Å². The number of hydrogen-bond acceptors (Lipinski definition) is 4. The van der Waals surface area contributed by atoms with Crippen LogP contribution in [0.4, 0.5) is 0 Å². The van der Waals surface area contributed by atoms with Crippen LogP contribution in [0, 0.1) is 17.3 Å². The number of ketones is 1. The maximum absolute atomic E-state index is 12.9. The quantitative estimate of drug-likeness (QED) is 0.402. The Morgan fingerprint density at radius 1 is 1.12 bits per heavy atom. The third-order valence-electron chi connectivity index (χ3n) is 4.80. The van der Waals surface area contributed by atoms with Gasteiger partial charge in [0, 0.05) is 12.0 Å². The Morgan fingerprint density at radius 2 is 1.75 bits per heavy atom. The fraction of sp³-hybridized carbons (Fsp3) is 0.600. The summed E-state index contributed by atoms with van der Waals surface area (Å²) in [6, 6.07) is 9.43. The molecule has 0 aliphatic heterocycles. The number of hydrogen-bond donors (Lipinski definition) is 1. The summed E-state index contributed by atoms with van der Waals surface area (Å²) in [4.78, 5) is 25.4. The molecule has 0 aliphatic rings. The Hall–Kier alpha value is -1.68. The van der Waals surface area contributed by atoms with Crippen LogP contribution in [-0.2, 0) is 20.9 Å². The van der Waals surface area contributed by atoms with E-state index in [9.17, 15) is 9.59 Å². The van der Waals surface area contributed by atoms with Gasteiger partial charge in [-0.2, -0.15) is 0 Å². The molecule has 4 heteroatoms. The Bertz CT molecular complexity index is 520. The summed E-state index contributed by atoms with van der Waals surface area (Å²) < 4.78 is 5.39. The van der Waals surface area contributed by atoms with Gasteiger partial charge in [0.25, 0.3) is 0 Å². The van der Waals surface area contributed by atoms with Gasteiger partial charge < -0.3 is 9.84 Å². The van der Waals surface area contributed by atoms with E-state index in [1.54, 1.807) is 0 Å². The number of unbranched alkanes of at least 4 members (excludes halogenated alkanes) is 1. The molecule has 0 bridgehead atoms. The molecule has 1 aromatic carbocycles. The third-order valence-corrected chi connectivity index (χ3v) is 4.80. The summed E-state index contributed by atoms with van der Waals surface area (Å²) in [5.41, 5.74) is 0.311. The van der Waals surface area contributed by atoms with Gasteiger partial charge in [-0.25, -0.2) is 0 Å². The van der Waals surface area contributed by atoms with Gasteiger partial charge in [-0.15, -0.1) is 0 Å². The minimum absolute atomic E-state index is 0.0630. The number of aliphatic hydroxyl groups is 1. The molecule has 4 nitrogen and oxygen atoms in total. The van der Waals surface area contributed by atoms with E-state index in [1.165, 1.54) is 0 Å². The molecule has 0 heterocycles. The summed E-state index contributed by atoms with van der Waals surface area (Å²) >= 11 is 0. The van der Waals surface area contributed by atoms with Gasteiger partial charge in [0.05, 0.1) is 0 Å². The van der Waals surface area contributed by atoms with Crippen molar-refractivity contribution in [3.63, 3.8) is 0 Å². The second-order valence-electron chi connectivity index (χ2n) is 7.11. The highest BCUT2D eigenvalue weighted by Gasteiger charge is 2.40. The predicted molar refractivity (Wildman–Crippen MR) is 94.3 cm³/mol. The number of benzene rings is 1. The lowest BCUT2D eigenvalue weighted by Crippen LogP contribution is -2.39. The molecule has 0 amide bonds. The molecule has 1 unspecified atom stereocenters. The fourth-order valence-corrected chi connectivity index (χ4v) is 2.38. The highest BCUT2D eigenvalue weighted by molar-refractivity contribution is 6.01. The lowest BCUT2D eigenvalue weighted by molar-refractivity contribution is -0.156. The number of rotatable bonds is 10. The summed E-state index contributed by atoms with van der Waals surface area (Å²) in [6.45, 7) is 7.96. The van der Waals surface area contributed by atoms with E-state index in [1.807, 2.05) is 58.0 Å². The van der Waals surface area contributed by atoms with Crippen LogP contribution in [0.25, 0.3) is 0 Å². The maximum atomic E-state index is 12.9. The molecule has 24 heavy (non-hydrogen) atoms. The molecule has 0 saturated heterocycles. The number of ether oxygens (including phenoxy) is 1. The lowest BCUT2D eigenvalue weighted by atomic mass is 9.72. The smallest absolute Gasteiger partial charge is 0.316 e. The minimum Gasteiger partial charge on any atom is -0.460 e. The molecule has 0 aliphatic carbocycles. The van der Waals surface area contributed by atoms with Crippen LogP contribution in [-0.4, -0.2) is 23.5 Å². The van der Waals surface area contributed by atoms with Gasteiger partial charge in [0.1, 0.15) is 12.5 Å². The molecule has 0 saturated carbocycles. The highest BCUT2D eigenvalue weighted by atomic mass is 16.5. The van der Waals surface area contributed by atoms with Crippen LogP contribution < -0.4 is 0 Å². The van der Waals surface area contributed by atoms with Crippen LogP contribution in [0.1, 0.15) is 52.5 Å². The van der Waals surface area contributed by atoms with Crippen LogP contribution in [0.5, 0.6) is 0 Å². The number of carbonyl (C=O) groups excluding carboxylic acids is 2. The van der Waals surface area contributed by atoms with E-state index in [2.05, 4.69) is 0 Å². The summed E-state index contributed by atoms with van der Waals surface area (Å²) in [6.07, 6.45) is 1.63. The number of carbonyl (C=O) groups is 2. The Labute approximate surface area is 145 Å². The fourth-order valence-electron chi connectivity index (χ4n) is 2.38. The average molecular weight is 334 g/mol. The zero-order valence-corrected chi connectivity index (χ0v) is 15.2. The summed E-state index contributed by atoms with van der Waals surface area (Å²) in [5.74, 6) is -1.17. The Kier molecular flexibility index (Phi) is 8.13. The van der Waals surface area contributed by atoms with Crippen molar-refractivity contribution < 1.29 is 19.4 Å². The SMILES string of the molecule is CC(C)C(C)(C)C(=O)C(CCCCO)C(=O)OCc1ccccc1. The molecular formula is C20H30O4. The van der Waals surface area contributed by atoms with E-state index >= 15 is 0 Å². The molecule has 1 aromatic rings. The normalized spacial score (nSPS) is 12.9. The first-order chi connectivity index (χ1) is 11.3. The minimum atomic E-state index is -0.766. The summed E-state index contributed by atoms with van der Waals surface area (Å²) in [7, 11) is 0. The van der Waals surface area contributed by atoms with Crippen molar-refractivity contribution in [3.8, 4) is 0 Å². The van der Waals surface area contributed by atoms with Gasteiger partial charge >= 0.3 is 5.97 Å². The van der Waals surface area contributed by atoms with Gasteiger partial charge in [0.2, 0.25) is 0 Å². The van der Waals surface area contributed by atoms with E-state index in [4.69, 9.17) is 9.84 Å². The van der Waals surface area contributed by atoms with Crippen molar-refractivity contribution in [3.05, 3.63) is 35.9 Å². The van der Waals surface area contributed by atoms with Crippen LogP contribution in [0.15, 0.2) is 30.3 Å². The van der Waals surface area contributed by atoms with Gasteiger partial charge in [-0.3, -0.25) is 9.59 Å². The zero-order chi connectivity index (χ0) is 18.2. The molecule has 1 N–H and O–H groups in total. The molecule has 0 fully saturated rings. The van der Waals surface area contributed by atoms with E-state index in [0.29, 0.717) is 19.3 Å². The van der Waals surface area contributed by atoms with Crippen LogP contribution in [0.3, 0.4) is 0 Å². The second kappa shape index (κ2) is 9.58. The largest absolute Gasteiger partial charge is 0.460 e. The lowest BCUT2D eigenvalue weighted by Gasteiger charge is -2.31. The number of Topliss-reactive ketones (excluding diaryl/α,β-unsaturated/α-hetero) is 1. The monoisotopic (exact) mass is 334 g/mol. The van der Waals surface area contributed by atoms with E-state index < -0.39 is 17.3 Å². The molecule has 1 rings (SSSR count). The van der Waals surface area contributed by atoms with E-state index in [-0.39, 0.29) is 24.9 Å². The zero-order valence-electron chi connectivity index (χ0n) is 15.2. The van der Waals surface area contributed by atoms with Crippen molar-refractivity contribution in [2.45, 2.75) is 53.6 Å². The average Bonchev–Trinajstić information content (AvgIpc) is 2.57. The molecule has 0 spiro atoms. The third kappa shape index (κ3) is 5.75. The van der Waals surface area contributed by atoms with E-state index in [0.717, 1.165) is 5.56 Å². The Balaban J connectivity index is 2.80. The second-order valence-corrected chi connectivity index (χ2v) is 7.11. The predicted octanol–water partition coefficient (Wildman–Crippen LogP) is 3.76. The standard InChI is InChI=1S/C20H30O4/c1-15(2)20(3,4)18(22)17(12-8-9-13-21)19(23)24-14-16-10-6-5-7-11-16/h5-7,10-11,15,17,21H,8-9,12-14H2,1-4H3. The van der Waals surface area contributed by atoms with Crippen molar-refractivity contribution in [2.24, 2.45) is 17.3 Å². The maximum Gasteiger partial charge on any atom is 0.316 e. The summed E-state index contributed by atoms with van der Waals surface area (Å²) in [5, 5.41) is 8.96. The molecule has 134 valence electrons. The first kappa shape index (κ1) is 20.4. The molecular weight excluding hydrogens is 304 g/mol. The number of esters is 1. The van der Waals surface area contributed by atoms with Gasteiger partial charge in [-0.05, 0) is 30.7 Å². The molecule has 0 radical (unpaired) electrons. The molecule has 0 aromatic heterocycles. The van der Waals surface area contributed by atoms with Crippen LogP contribution >= 0.6 is 0 Å². The Morgan fingerprint density at radius 3 is 2.29 bits per heavy atom. The first-order valence-electron chi connectivity index (χ1n) is 8.66. The van der Waals surface area contributed by atoms with Crippen molar-refractivity contribution in [1.29, 1.82) is 0 Å². The first-order valence-corrected chi connectivity index (χ1v) is 8.66. The molecule has 1 atom stereocenters. The van der Waals surface area contributed by atoms with Gasteiger partial charge in [0.15, 0.2) is 5.78 Å². The van der Waals surface area contributed by atoms with Crippen molar-refractivity contribution in [1.82, 2.24) is 0 Å². The van der Waals surface area contributed by atoms with Crippen molar-refractivity contribution in [2.75, 3.05) is 6.61 Å². The highest BCUT2D eigenvalue weighted by Crippen LogP contribution is 2.32. The van der Waals surface area contributed by atoms with Gasteiger partial charge in [-0.1, -0.05) is 58.0 Å².